The predicted octanol–water partition coefficient (Wildman–Crippen LogP) is 4.05. The molecule has 0 bridgehead atoms. The van der Waals surface area contributed by atoms with E-state index < -0.39 is 0 Å². The molecule has 0 unspecified atom stereocenters. The zero-order valence-corrected chi connectivity index (χ0v) is 13.8. The topological polar surface area (TPSA) is 34.1 Å². The van der Waals surface area contributed by atoms with Crippen LogP contribution in [-0.2, 0) is 13.2 Å². The summed E-state index contributed by atoms with van der Waals surface area (Å²) >= 11 is 5.25. The van der Waals surface area contributed by atoms with Gasteiger partial charge in [-0.05, 0) is 47.8 Å². The molecule has 3 rings (SSSR count). The molecule has 0 aromatic carbocycles. The van der Waals surface area contributed by atoms with E-state index in [4.69, 9.17) is 4.74 Å². The number of nitrogens with zero attached hydrogens (tertiary/aromatic N) is 1. The highest BCUT2D eigenvalue weighted by atomic mass is 79.9. The molecule has 1 fully saturated rings. The Kier molecular flexibility index (Phi) is 4.38. The molecule has 5 heteroatoms. The number of aryl methyl sites for hydroxylation is 1. The number of halogens is 1. The first-order valence-electron chi connectivity index (χ1n) is 6.75. The molecule has 1 saturated carbocycles. The molecule has 0 amide bonds. The van der Waals surface area contributed by atoms with Crippen molar-refractivity contribution in [3.05, 3.63) is 44.3 Å². The van der Waals surface area contributed by atoms with Crippen molar-refractivity contribution in [3.8, 4) is 5.75 Å². The summed E-state index contributed by atoms with van der Waals surface area (Å²) in [5.41, 5.74) is 1.27. The second-order valence-corrected chi connectivity index (χ2v) is 7.33. The van der Waals surface area contributed by atoms with Crippen LogP contribution in [0.25, 0.3) is 0 Å². The van der Waals surface area contributed by atoms with Crippen LogP contribution in [0.15, 0.2) is 29.0 Å². The summed E-state index contributed by atoms with van der Waals surface area (Å²) in [7, 11) is 0. The number of thiophene rings is 1. The molecular formula is C15H17BrN2OS. The van der Waals surface area contributed by atoms with Gasteiger partial charge in [0.25, 0.3) is 0 Å². The third-order valence-electron chi connectivity index (χ3n) is 3.29. The van der Waals surface area contributed by atoms with Crippen LogP contribution in [0.1, 0.15) is 28.2 Å². The Labute approximate surface area is 131 Å². The molecule has 2 heterocycles. The SMILES string of the molecule is Cc1sc(CNC2CC2)cc1COc1cncc(Br)c1. The summed E-state index contributed by atoms with van der Waals surface area (Å²) < 4.78 is 6.74. The molecule has 0 radical (unpaired) electrons. The summed E-state index contributed by atoms with van der Waals surface area (Å²) in [6.45, 7) is 3.74. The van der Waals surface area contributed by atoms with Crippen LogP contribution in [-0.4, -0.2) is 11.0 Å². The largest absolute Gasteiger partial charge is 0.487 e. The summed E-state index contributed by atoms with van der Waals surface area (Å²) in [6, 6.07) is 4.94. The van der Waals surface area contributed by atoms with Gasteiger partial charge in [0.05, 0.1) is 6.20 Å². The van der Waals surface area contributed by atoms with E-state index in [1.807, 2.05) is 17.4 Å². The standard InChI is InChI=1S/C15H17BrN2OS/c1-10-11(4-15(20-10)8-18-13-2-3-13)9-19-14-5-12(16)6-17-7-14/h4-7,13,18H,2-3,8-9H2,1H3. The first-order valence-corrected chi connectivity index (χ1v) is 8.36. The van der Waals surface area contributed by atoms with E-state index in [2.05, 4.69) is 39.2 Å². The molecule has 2 aromatic rings. The number of rotatable bonds is 6. The minimum absolute atomic E-state index is 0.601. The Hall–Kier alpha value is -0.910. The highest BCUT2D eigenvalue weighted by Crippen LogP contribution is 2.25. The first kappa shape index (κ1) is 14.0. The van der Waals surface area contributed by atoms with Crippen LogP contribution < -0.4 is 10.1 Å². The highest BCUT2D eigenvalue weighted by Gasteiger charge is 2.20. The smallest absolute Gasteiger partial charge is 0.139 e. The third kappa shape index (κ3) is 3.81. The maximum atomic E-state index is 5.80. The van der Waals surface area contributed by atoms with E-state index in [-0.39, 0.29) is 0 Å². The van der Waals surface area contributed by atoms with Gasteiger partial charge in [0.2, 0.25) is 0 Å². The molecule has 2 aromatic heterocycles. The normalized spacial score (nSPS) is 14.5. The quantitative estimate of drug-likeness (QED) is 0.851. The first-order chi connectivity index (χ1) is 9.70. The lowest BCUT2D eigenvalue weighted by molar-refractivity contribution is 0.304. The monoisotopic (exact) mass is 352 g/mol. The van der Waals surface area contributed by atoms with Crippen molar-refractivity contribution in [2.75, 3.05) is 0 Å². The number of pyridine rings is 1. The van der Waals surface area contributed by atoms with E-state index in [0.717, 1.165) is 22.8 Å². The Balaban J connectivity index is 1.58. The Morgan fingerprint density at radius 3 is 3.00 bits per heavy atom. The van der Waals surface area contributed by atoms with Crippen molar-refractivity contribution >= 4 is 27.3 Å². The fourth-order valence-electron chi connectivity index (χ4n) is 1.98. The van der Waals surface area contributed by atoms with Crippen molar-refractivity contribution in [3.63, 3.8) is 0 Å². The zero-order chi connectivity index (χ0) is 13.9. The molecule has 1 aliphatic rings. The molecule has 0 spiro atoms. The lowest BCUT2D eigenvalue weighted by atomic mass is 10.2. The van der Waals surface area contributed by atoms with Gasteiger partial charge in [0.15, 0.2) is 0 Å². The fourth-order valence-corrected chi connectivity index (χ4v) is 3.33. The minimum atomic E-state index is 0.601. The van der Waals surface area contributed by atoms with Gasteiger partial charge >= 0.3 is 0 Å². The van der Waals surface area contributed by atoms with E-state index >= 15 is 0 Å². The molecule has 106 valence electrons. The maximum absolute atomic E-state index is 5.80. The number of nitrogens with one attached hydrogen (secondary N) is 1. The molecule has 0 saturated heterocycles. The van der Waals surface area contributed by atoms with Gasteiger partial charge in [0, 0.05) is 38.6 Å². The molecule has 20 heavy (non-hydrogen) atoms. The Bertz CT molecular complexity index is 595. The van der Waals surface area contributed by atoms with Crippen LogP contribution in [0.3, 0.4) is 0 Å². The molecule has 1 N–H and O–H groups in total. The molecule has 0 atom stereocenters. The Morgan fingerprint density at radius 2 is 2.25 bits per heavy atom. The lowest BCUT2D eigenvalue weighted by Crippen LogP contribution is -2.14. The van der Waals surface area contributed by atoms with Crippen molar-refractivity contribution in [2.24, 2.45) is 0 Å². The van der Waals surface area contributed by atoms with Crippen LogP contribution >= 0.6 is 27.3 Å². The molecule has 1 aliphatic carbocycles. The van der Waals surface area contributed by atoms with Crippen molar-refractivity contribution < 1.29 is 4.74 Å². The van der Waals surface area contributed by atoms with E-state index in [1.54, 1.807) is 12.4 Å². The average molecular weight is 353 g/mol. The van der Waals surface area contributed by atoms with Crippen LogP contribution in [0, 0.1) is 6.92 Å². The van der Waals surface area contributed by atoms with Crippen LogP contribution in [0.2, 0.25) is 0 Å². The summed E-state index contributed by atoms with van der Waals surface area (Å²) in [5.74, 6) is 0.794. The second-order valence-electron chi connectivity index (χ2n) is 5.08. The van der Waals surface area contributed by atoms with Gasteiger partial charge in [-0.3, -0.25) is 4.98 Å². The minimum Gasteiger partial charge on any atom is -0.487 e. The van der Waals surface area contributed by atoms with E-state index in [0.29, 0.717) is 6.61 Å². The van der Waals surface area contributed by atoms with Gasteiger partial charge in [-0.2, -0.15) is 0 Å². The van der Waals surface area contributed by atoms with Crippen molar-refractivity contribution in [1.29, 1.82) is 0 Å². The summed E-state index contributed by atoms with van der Waals surface area (Å²) in [6.07, 6.45) is 6.15. The molecular weight excluding hydrogens is 336 g/mol. The van der Waals surface area contributed by atoms with Gasteiger partial charge < -0.3 is 10.1 Å². The molecule has 3 nitrogen and oxygen atoms in total. The summed E-state index contributed by atoms with van der Waals surface area (Å²) in [4.78, 5) is 6.82. The van der Waals surface area contributed by atoms with Crippen LogP contribution in [0.4, 0.5) is 0 Å². The highest BCUT2D eigenvalue weighted by molar-refractivity contribution is 9.10. The van der Waals surface area contributed by atoms with E-state index in [9.17, 15) is 0 Å². The van der Waals surface area contributed by atoms with Crippen LogP contribution in [0.5, 0.6) is 5.75 Å². The summed E-state index contributed by atoms with van der Waals surface area (Å²) in [5, 5.41) is 3.55. The third-order valence-corrected chi connectivity index (χ3v) is 4.81. The average Bonchev–Trinajstić information content (AvgIpc) is 3.18. The van der Waals surface area contributed by atoms with Gasteiger partial charge in [-0.15, -0.1) is 11.3 Å². The Morgan fingerprint density at radius 1 is 1.40 bits per heavy atom. The van der Waals surface area contributed by atoms with E-state index in [1.165, 1.54) is 28.2 Å². The second kappa shape index (κ2) is 6.24. The predicted molar refractivity (Wildman–Crippen MR) is 85.2 cm³/mol. The van der Waals surface area contributed by atoms with Gasteiger partial charge in [-0.25, -0.2) is 0 Å². The maximum Gasteiger partial charge on any atom is 0.139 e. The van der Waals surface area contributed by atoms with Gasteiger partial charge in [-0.1, -0.05) is 0 Å². The van der Waals surface area contributed by atoms with Crippen molar-refractivity contribution in [2.45, 2.75) is 39.0 Å². The number of hydrogen-bond acceptors (Lipinski definition) is 4. The number of aromatic nitrogens is 1. The number of hydrogen-bond donors (Lipinski definition) is 1. The lowest BCUT2D eigenvalue weighted by Gasteiger charge is -2.05. The molecule has 0 aliphatic heterocycles. The fraction of sp³-hybridized carbons (Fsp3) is 0.400. The van der Waals surface area contributed by atoms with Gasteiger partial charge in [0.1, 0.15) is 12.4 Å². The number of ether oxygens (including phenoxy) is 1. The zero-order valence-electron chi connectivity index (χ0n) is 11.4. The van der Waals surface area contributed by atoms with Crippen molar-refractivity contribution in [1.82, 2.24) is 10.3 Å².